The van der Waals surface area contributed by atoms with Gasteiger partial charge in [-0.05, 0) is 49.1 Å². The molecule has 138 valence electrons. The second kappa shape index (κ2) is 8.76. The van der Waals surface area contributed by atoms with Gasteiger partial charge in [0.2, 0.25) is 0 Å². The molecule has 1 aliphatic heterocycles. The summed E-state index contributed by atoms with van der Waals surface area (Å²) in [5, 5.41) is 3.22. The van der Waals surface area contributed by atoms with Gasteiger partial charge in [0.05, 0.1) is 12.2 Å². The third kappa shape index (κ3) is 4.38. The average Bonchev–Trinajstić information content (AvgIpc) is 2.69. The molecule has 0 atom stereocenters. The number of hydrogen-bond donors (Lipinski definition) is 1. The molecule has 1 aromatic heterocycles. The first-order chi connectivity index (χ1) is 12.7. The van der Waals surface area contributed by atoms with Crippen LogP contribution in [0.2, 0.25) is 0 Å². The zero-order chi connectivity index (χ0) is 18.4. The largest absolute Gasteiger partial charge is 0.380 e. The summed E-state index contributed by atoms with van der Waals surface area (Å²) in [5.74, 6) is 0.287. The molecule has 3 rings (SSSR count). The predicted molar refractivity (Wildman–Crippen MR) is 98.4 cm³/mol. The zero-order valence-electron chi connectivity index (χ0n) is 15.0. The van der Waals surface area contributed by atoms with E-state index < -0.39 is 0 Å². The van der Waals surface area contributed by atoms with Gasteiger partial charge in [-0.15, -0.1) is 0 Å². The number of nitrogens with zero attached hydrogens (tertiary/aromatic N) is 2. The third-order valence-electron chi connectivity index (χ3n) is 4.55. The fraction of sp³-hybridized carbons (Fsp3) is 0.400. The Labute approximate surface area is 153 Å². The maximum atomic E-state index is 13.7. The van der Waals surface area contributed by atoms with Crippen LogP contribution >= 0.6 is 0 Å². The predicted octanol–water partition coefficient (Wildman–Crippen LogP) is 3.61. The smallest absolute Gasteiger partial charge is 0.257 e. The Bertz CT molecular complexity index is 760. The number of ether oxygens (including phenoxy) is 1. The lowest BCUT2D eigenvalue weighted by molar-refractivity contribution is 0.0725. The molecule has 1 aliphatic rings. The maximum Gasteiger partial charge on any atom is 0.257 e. The van der Waals surface area contributed by atoms with Crippen LogP contribution in [0.15, 0.2) is 36.5 Å². The minimum Gasteiger partial charge on any atom is -0.380 e. The Hall–Kier alpha value is -2.47. The highest BCUT2D eigenvalue weighted by atomic mass is 19.1. The first-order valence-electron chi connectivity index (χ1n) is 8.93. The van der Waals surface area contributed by atoms with Crippen molar-refractivity contribution in [3.63, 3.8) is 0 Å². The minimum absolute atomic E-state index is 0.0134. The number of carbonyl (C=O) groups is 1. The Balaban J connectivity index is 1.72. The molecule has 1 amide bonds. The number of hydrogen-bond acceptors (Lipinski definition) is 4. The van der Waals surface area contributed by atoms with Gasteiger partial charge in [-0.2, -0.15) is 0 Å². The van der Waals surface area contributed by atoms with Crippen LogP contribution in [0.5, 0.6) is 0 Å². The van der Waals surface area contributed by atoms with Gasteiger partial charge in [0, 0.05) is 38.5 Å². The van der Waals surface area contributed by atoms with Gasteiger partial charge in [-0.1, -0.05) is 6.07 Å². The molecule has 0 radical (unpaired) electrons. The van der Waals surface area contributed by atoms with E-state index in [2.05, 4.69) is 10.3 Å². The summed E-state index contributed by atoms with van der Waals surface area (Å²) < 4.78 is 18.8. The number of anilines is 1. The van der Waals surface area contributed by atoms with E-state index in [9.17, 15) is 9.18 Å². The molecule has 0 bridgehead atoms. The van der Waals surface area contributed by atoms with Crippen molar-refractivity contribution in [2.24, 2.45) is 0 Å². The average molecular weight is 357 g/mol. The molecule has 0 aliphatic carbocycles. The van der Waals surface area contributed by atoms with E-state index in [0.29, 0.717) is 23.5 Å². The van der Waals surface area contributed by atoms with Gasteiger partial charge in [0.25, 0.3) is 5.91 Å². The summed E-state index contributed by atoms with van der Waals surface area (Å²) >= 11 is 0. The summed E-state index contributed by atoms with van der Waals surface area (Å²) in [5.41, 5.74) is 1.99. The number of rotatable bonds is 6. The zero-order valence-corrected chi connectivity index (χ0v) is 15.0. The number of aromatic nitrogens is 1. The molecule has 2 aromatic rings. The van der Waals surface area contributed by atoms with Crippen molar-refractivity contribution in [3.05, 3.63) is 59.0 Å². The SMILES string of the molecule is COCc1cc(CNc2ncccc2C(=O)N2CCCCC2)ccc1F. The van der Waals surface area contributed by atoms with E-state index in [4.69, 9.17) is 4.74 Å². The number of benzene rings is 1. The number of methoxy groups -OCH3 is 1. The Morgan fingerprint density at radius 2 is 2.08 bits per heavy atom. The van der Waals surface area contributed by atoms with E-state index in [1.165, 1.54) is 19.6 Å². The molecule has 1 N–H and O–H groups in total. The molecule has 1 fully saturated rings. The Morgan fingerprint density at radius 3 is 2.85 bits per heavy atom. The molecule has 2 heterocycles. The van der Waals surface area contributed by atoms with Crippen LogP contribution in [0.3, 0.4) is 0 Å². The molecule has 0 unspecified atom stereocenters. The van der Waals surface area contributed by atoms with Gasteiger partial charge in [-0.25, -0.2) is 9.37 Å². The molecule has 1 aromatic carbocycles. The fourth-order valence-electron chi connectivity index (χ4n) is 3.18. The summed E-state index contributed by atoms with van der Waals surface area (Å²) in [4.78, 5) is 19.0. The van der Waals surface area contributed by atoms with Crippen molar-refractivity contribution in [2.45, 2.75) is 32.4 Å². The van der Waals surface area contributed by atoms with Crippen molar-refractivity contribution in [1.82, 2.24) is 9.88 Å². The standard InChI is InChI=1S/C20H24FN3O2/c1-26-14-16-12-15(7-8-18(16)21)13-23-19-17(6-5-9-22-19)20(25)24-10-3-2-4-11-24/h5-9,12H,2-4,10-11,13-14H2,1H3,(H,22,23). The normalized spacial score (nSPS) is 14.3. The molecule has 0 saturated carbocycles. The molecular formula is C20H24FN3O2. The lowest BCUT2D eigenvalue weighted by atomic mass is 10.1. The second-order valence-corrected chi connectivity index (χ2v) is 6.46. The molecule has 26 heavy (non-hydrogen) atoms. The summed E-state index contributed by atoms with van der Waals surface area (Å²) in [6, 6.07) is 8.49. The number of amides is 1. The third-order valence-corrected chi connectivity index (χ3v) is 4.55. The summed E-state index contributed by atoms with van der Waals surface area (Å²) in [7, 11) is 1.54. The molecular weight excluding hydrogens is 333 g/mol. The lowest BCUT2D eigenvalue weighted by Crippen LogP contribution is -2.36. The molecule has 5 nitrogen and oxygen atoms in total. The van der Waals surface area contributed by atoms with Crippen molar-refractivity contribution < 1.29 is 13.9 Å². The second-order valence-electron chi connectivity index (χ2n) is 6.46. The van der Waals surface area contributed by atoms with Crippen LogP contribution in [-0.2, 0) is 17.9 Å². The van der Waals surface area contributed by atoms with E-state index >= 15 is 0 Å². The Morgan fingerprint density at radius 1 is 1.27 bits per heavy atom. The Kier molecular flexibility index (Phi) is 6.17. The van der Waals surface area contributed by atoms with E-state index in [1.807, 2.05) is 4.90 Å². The van der Waals surface area contributed by atoms with Crippen molar-refractivity contribution in [1.29, 1.82) is 0 Å². The molecule has 1 saturated heterocycles. The van der Waals surface area contributed by atoms with Crippen molar-refractivity contribution in [2.75, 3.05) is 25.5 Å². The number of halogens is 1. The van der Waals surface area contributed by atoms with Crippen LogP contribution in [-0.4, -0.2) is 36.0 Å². The number of piperidine rings is 1. The monoisotopic (exact) mass is 357 g/mol. The molecule has 0 spiro atoms. The quantitative estimate of drug-likeness (QED) is 0.858. The number of carbonyl (C=O) groups excluding carboxylic acids is 1. The summed E-state index contributed by atoms with van der Waals surface area (Å²) in [6.07, 6.45) is 4.94. The number of nitrogens with one attached hydrogen (secondary N) is 1. The van der Waals surface area contributed by atoms with Crippen LogP contribution in [0, 0.1) is 5.82 Å². The highest BCUT2D eigenvalue weighted by molar-refractivity contribution is 5.98. The van der Waals surface area contributed by atoms with Crippen molar-refractivity contribution in [3.8, 4) is 0 Å². The maximum absolute atomic E-state index is 13.7. The number of likely N-dealkylation sites (tertiary alicyclic amines) is 1. The highest BCUT2D eigenvalue weighted by Gasteiger charge is 2.21. The lowest BCUT2D eigenvalue weighted by Gasteiger charge is -2.27. The van der Waals surface area contributed by atoms with Crippen LogP contribution in [0.4, 0.5) is 10.2 Å². The highest BCUT2D eigenvalue weighted by Crippen LogP contribution is 2.19. The first-order valence-corrected chi connectivity index (χ1v) is 8.93. The van der Waals surface area contributed by atoms with Crippen LogP contribution in [0.1, 0.15) is 40.7 Å². The van der Waals surface area contributed by atoms with Crippen molar-refractivity contribution >= 4 is 11.7 Å². The van der Waals surface area contributed by atoms with Gasteiger partial charge >= 0.3 is 0 Å². The molecule has 6 heteroatoms. The van der Waals surface area contributed by atoms with Gasteiger partial charge < -0.3 is 15.0 Å². The van der Waals surface area contributed by atoms with E-state index in [0.717, 1.165) is 31.5 Å². The van der Waals surface area contributed by atoms with E-state index in [-0.39, 0.29) is 18.3 Å². The van der Waals surface area contributed by atoms with Crippen LogP contribution < -0.4 is 5.32 Å². The minimum atomic E-state index is -0.283. The van der Waals surface area contributed by atoms with Gasteiger partial charge in [-0.3, -0.25) is 4.79 Å². The van der Waals surface area contributed by atoms with Crippen LogP contribution in [0.25, 0.3) is 0 Å². The van der Waals surface area contributed by atoms with E-state index in [1.54, 1.807) is 30.5 Å². The first kappa shape index (κ1) is 18.3. The van der Waals surface area contributed by atoms with Gasteiger partial charge in [0.1, 0.15) is 11.6 Å². The topological polar surface area (TPSA) is 54.5 Å². The van der Waals surface area contributed by atoms with Gasteiger partial charge in [0.15, 0.2) is 0 Å². The summed E-state index contributed by atoms with van der Waals surface area (Å²) in [6.45, 7) is 2.27. The number of pyridine rings is 1. The fourth-order valence-corrected chi connectivity index (χ4v) is 3.18.